The fraction of sp³-hybridized carbons (Fsp3) is 0.650. The Morgan fingerprint density at radius 1 is 1.08 bits per heavy atom. The third-order valence-corrected chi connectivity index (χ3v) is 6.27. The number of benzene rings is 1. The minimum atomic E-state index is -0.464. The fourth-order valence-electron chi connectivity index (χ4n) is 4.48. The quantitative estimate of drug-likeness (QED) is 0.286. The summed E-state index contributed by atoms with van der Waals surface area (Å²) in [6, 6.07) is 5.68. The van der Waals surface area contributed by atoms with Crippen LogP contribution in [0.3, 0.4) is 0 Å². The number of hydrogen-bond donors (Lipinski definition) is 0. The van der Waals surface area contributed by atoms with E-state index in [1.54, 1.807) is 0 Å². The molecule has 1 aromatic carbocycles. The van der Waals surface area contributed by atoms with Crippen LogP contribution in [0.2, 0.25) is 0 Å². The molecule has 0 amide bonds. The first-order valence-corrected chi connectivity index (χ1v) is 9.45. The maximum Gasteiger partial charge on any atom is 0.338 e. The number of hydrogen-bond acceptors (Lipinski definition) is 4. The summed E-state index contributed by atoms with van der Waals surface area (Å²) >= 11 is 0. The van der Waals surface area contributed by atoms with Gasteiger partial charge in [-0.15, -0.1) is 0 Å². The van der Waals surface area contributed by atoms with Crippen molar-refractivity contribution in [1.29, 1.82) is 0 Å². The van der Waals surface area contributed by atoms with E-state index >= 15 is 0 Å². The molecule has 0 aliphatic heterocycles. The van der Waals surface area contributed by atoms with E-state index in [1.807, 2.05) is 0 Å². The Labute approximate surface area is 148 Å². The van der Waals surface area contributed by atoms with Crippen molar-refractivity contribution in [2.75, 3.05) is 0 Å². The Hall–Kier alpha value is -1.91. The molecule has 136 valence electrons. The zero-order chi connectivity index (χ0) is 17.9. The van der Waals surface area contributed by atoms with Crippen LogP contribution in [0.5, 0.6) is 0 Å². The fourth-order valence-corrected chi connectivity index (χ4v) is 4.48. The van der Waals surface area contributed by atoms with Crippen molar-refractivity contribution in [2.45, 2.75) is 76.7 Å². The number of nitro groups is 1. The van der Waals surface area contributed by atoms with Crippen molar-refractivity contribution in [3.8, 4) is 0 Å². The Bertz CT molecular complexity index is 613. The van der Waals surface area contributed by atoms with Crippen molar-refractivity contribution in [2.24, 2.45) is 5.41 Å². The van der Waals surface area contributed by atoms with E-state index in [4.69, 9.17) is 4.74 Å². The monoisotopic (exact) mass is 345 g/mol. The van der Waals surface area contributed by atoms with Gasteiger partial charge in [-0.2, -0.15) is 0 Å². The number of carbonyl (C=O) groups is 1. The molecule has 3 aliphatic carbocycles. The van der Waals surface area contributed by atoms with Gasteiger partial charge in [-0.25, -0.2) is 4.79 Å². The van der Waals surface area contributed by atoms with Crippen molar-refractivity contribution in [3.63, 3.8) is 0 Å². The van der Waals surface area contributed by atoms with Gasteiger partial charge in [0.1, 0.15) is 5.60 Å². The first-order chi connectivity index (χ1) is 12.0. The Morgan fingerprint density at radius 3 is 2.20 bits per heavy atom. The molecule has 1 aromatic rings. The van der Waals surface area contributed by atoms with E-state index in [0.717, 1.165) is 38.5 Å². The predicted molar refractivity (Wildman–Crippen MR) is 95.5 cm³/mol. The van der Waals surface area contributed by atoms with Crippen molar-refractivity contribution < 1.29 is 14.5 Å². The number of unbranched alkanes of at least 4 members (excludes halogenated alkanes) is 2. The Balaban J connectivity index is 1.59. The maximum atomic E-state index is 12.5. The number of carbonyl (C=O) groups excluding carboxylic acids is 1. The lowest BCUT2D eigenvalue weighted by molar-refractivity contribution is -0.384. The van der Waals surface area contributed by atoms with Crippen LogP contribution in [0.25, 0.3) is 0 Å². The molecule has 0 N–H and O–H groups in total. The molecule has 25 heavy (non-hydrogen) atoms. The average molecular weight is 345 g/mol. The van der Waals surface area contributed by atoms with Gasteiger partial charge in [0, 0.05) is 12.1 Å². The highest BCUT2D eigenvalue weighted by molar-refractivity contribution is 5.90. The van der Waals surface area contributed by atoms with Gasteiger partial charge in [0.15, 0.2) is 0 Å². The van der Waals surface area contributed by atoms with E-state index in [9.17, 15) is 14.9 Å². The van der Waals surface area contributed by atoms with Crippen LogP contribution in [0.4, 0.5) is 5.69 Å². The molecular formula is C20H27NO4. The van der Waals surface area contributed by atoms with Crippen LogP contribution in [-0.4, -0.2) is 16.5 Å². The molecular weight excluding hydrogens is 318 g/mol. The first-order valence-electron chi connectivity index (χ1n) is 9.45. The van der Waals surface area contributed by atoms with Crippen LogP contribution in [-0.2, 0) is 4.74 Å². The van der Waals surface area contributed by atoms with Gasteiger partial charge in [-0.1, -0.05) is 26.2 Å². The average Bonchev–Trinajstić information content (AvgIpc) is 2.63. The van der Waals surface area contributed by atoms with E-state index in [1.165, 1.54) is 49.9 Å². The van der Waals surface area contributed by atoms with E-state index in [-0.39, 0.29) is 17.3 Å². The van der Waals surface area contributed by atoms with Crippen molar-refractivity contribution in [3.05, 3.63) is 39.9 Å². The summed E-state index contributed by atoms with van der Waals surface area (Å²) in [5, 5.41) is 10.7. The summed E-state index contributed by atoms with van der Waals surface area (Å²) in [6.45, 7) is 2.24. The number of fused-ring (bicyclic) bond motifs is 3. The van der Waals surface area contributed by atoms with Gasteiger partial charge in [-0.05, 0) is 62.5 Å². The van der Waals surface area contributed by atoms with Gasteiger partial charge in [0.25, 0.3) is 5.69 Å². The molecule has 3 saturated carbocycles. The maximum absolute atomic E-state index is 12.5. The number of non-ortho nitro benzene ring substituents is 1. The second-order valence-electron chi connectivity index (χ2n) is 7.83. The lowest BCUT2D eigenvalue weighted by Crippen LogP contribution is -2.48. The molecule has 0 aromatic heterocycles. The van der Waals surface area contributed by atoms with Gasteiger partial charge in [0.05, 0.1) is 10.5 Å². The molecule has 3 aliphatic rings. The highest BCUT2D eigenvalue weighted by Crippen LogP contribution is 2.56. The number of nitro benzene ring substituents is 1. The molecule has 5 nitrogen and oxygen atoms in total. The molecule has 4 rings (SSSR count). The highest BCUT2D eigenvalue weighted by atomic mass is 16.6. The number of rotatable bonds is 7. The molecule has 0 spiro atoms. The number of esters is 1. The summed E-state index contributed by atoms with van der Waals surface area (Å²) in [5.41, 5.74) is 0.550. The second kappa shape index (κ2) is 7.14. The zero-order valence-electron chi connectivity index (χ0n) is 15.0. The van der Waals surface area contributed by atoms with Crippen LogP contribution < -0.4 is 0 Å². The molecule has 3 fully saturated rings. The van der Waals surface area contributed by atoms with Crippen molar-refractivity contribution >= 4 is 11.7 Å². The van der Waals surface area contributed by atoms with Gasteiger partial charge in [0.2, 0.25) is 0 Å². The van der Waals surface area contributed by atoms with E-state index in [2.05, 4.69) is 6.92 Å². The molecule has 0 atom stereocenters. The van der Waals surface area contributed by atoms with Gasteiger partial charge < -0.3 is 4.74 Å². The van der Waals surface area contributed by atoms with Crippen LogP contribution in [0.1, 0.15) is 81.5 Å². The molecule has 0 saturated heterocycles. The first kappa shape index (κ1) is 17.9. The van der Waals surface area contributed by atoms with Crippen LogP contribution in [0.15, 0.2) is 24.3 Å². The summed E-state index contributed by atoms with van der Waals surface area (Å²) in [7, 11) is 0. The topological polar surface area (TPSA) is 69.4 Å². The lowest BCUT2D eigenvalue weighted by atomic mass is 9.57. The normalized spacial score (nSPS) is 27.9. The molecule has 2 bridgehead atoms. The minimum Gasteiger partial charge on any atom is -0.455 e. The smallest absolute Gasteiger partial charge is 0.338 e. The minimum absolute atomic E-state index is 0.0121. The molecule has 0 unspecified atom stereocenters. The standard InChI is InChI=1S/C20H27NO4/c1-2-3-4-9-19-10-13-20(14-11-19,15-12-19)25-18(22)16-5-7-17(8-6-16)21(23)24/h5-8H,2-4,9-15H2,1H3. The lowest BCUT2D eigenvalue weighted by Gasteiger charge is -2.52. The zero-order valence-corrected chi connectivity index (χ0v) is 15.0. The third kappa shape index (κ3) is 3.86. The SMILES string of the molecule is CCCCCC12CCC(OC(=O)c3ccc([N+](=O)[O-])cc3)(CC1)CC2. The van der Waals surface area contributed by atoms with E-state index in [0.29, 0.717) is 11.0 Å². The predicted octanol–water partition coefficient (Wildman–Crippen LogP) is 5.42. The van der Waals surface area contributed by atoms with Gasteiger partial charge in [-0.3, -0.25) is 10.1 Å². The van der Waals surface area contributed by atoms with Crippen LogP contribution in [0, 0.1) is 15.5 Å². The Kier molecular flexibility index (Phi) is 5.11. The van der Waals surface area contributed by atoms with E-state index < -0.39 is 4.92 Å². The summed E-state index contributed by atoms with van der Waals surface area (Å²) in [4.78, 5) is 22.7. The van der Waals surface area contributed by atoms with Crippen LogP contribution >= 0.6 is 0 Å². The number of nitrogens with zero attached hydrogens (tertiary/aromatic N) is 1. The van der Waals surface area contributed by atoms with Gasteiger partial charge >= 0.3 is 5.97 Å². The summed E-state index contributed by atoms with van der Waals surface area (Å²) < 4.78 is 5.91. The summed E-state index contributed by atoms with van der Waals surface area (Å²) in [5.74, 6) is -0.352. The molecule has 0 heterocycles. The molecule has 0 radical (unpaired) electrons. The largest absolute Gasteiger partial charge is 0.455 e. The van der Waals surface area contributed by atoms with Crippen molar-refractivity contribution in [1.82, 2.24) is 0 Å². The number of ether oxygens (including phenoxy) is 1. The third-order valence-electron chi connectivity index (χ3n) is 6.27. The Morgan fingerprint density at radius 2 is 1.68 bits per heavy atom. The second-order valence-corrected chi connectivity index (χ2v) is 7.83. The summed E-state index contributed by atoms with van der Waals surface area (Å²) in [6.07, 6.45) is 11.5. The molecule has 5 heteroatoms. The highest BCUT2D eigenvalue weighted by Gasteiger charge is 2.50.